The number of hydrogen-bond donors (Lipinski definition) is 0. The molecular weight excluding hydrogens is 334 g/mol. The predicted octanol–water partition coefficient (Wildman–Crippen LogP) is 4.77. The van der Waals surface area contributed by atoms with Crippen LogP contribution in [-0.2, 0) is 0 Å². The van der Waals surface area contributed by atoms with Gasteiger partial charge in [-0.1, -0.05) is 35.2 Å². The summed E-state index contributed by atoms with van der Waals surface area (Å²) in [6.45, 7) is 1.88. The molecule has 0 radical (unpaired) electrons. The van der Waals surface area contributed by atoms with Crippen LogP contribution in [-0.4, -0.2) is 15.9 Å². The largest absolute Gasteiger partial charge is 0.489 e. The van der Waals surface area contributed by atoms with Crippen LogP contribution in [0.3, 0.4) is 0 Å². The van der Waals surface area contributed by atoms with Crippen molar-refractivity contribution in [3.63, 3.8) is 0 Å². The van der Waals surface area contributed by atoms with Gasteiger partial charge in [0.05, 0.1) is 4.92 Å². The third-order valence-electron chi connectivity index (χ3n) is 5.11. The molecule has 5 heteroatoms. The maximum absolute atomic E-state index is 10.8. The van der Waals surface area contributed by atoms with Crippen LogP contribution in [0.5, 0.6) is 5.75 Å². The first-order valence-corrected chi connectivity index (χ1v) is 8.50. The van der Waals surface area contributed by atoms with Crippen molar-refractivity contribution in [2.75, 3.05) is 0 Å². The molecule has 1 aromatic rings. The summed E-state index contributed by atoms with van der Waals surface area (Å²) in [6, 6.07) is 4.86. The first-order valence-electron chi connectivity index (χ1n) is 7.59. The number of nitro groups is 1. The summed E-state index contributed by atoms with van der Waals surface area (Å²) in [5.74, 6) is 0.787. The molecule has 0 N–H and O–H groups in total. The van der Waals surface area contributed by atoms with Crippen LogP contribution in [0, 0.1) is 22.5 Å². The van der Waals surface area contributed by atoms with E-state index in [1.807, 2.05) is 6.92 Å². The van der Waals surface area contributed by atoms with Crippen molar-refractivity contribution in [2.24, 2.45) is 5.41 Å². The number of rotatable bonds is 3. The zero-order valence-electron chi connectivity index (χ0n) is 12.2. The molecule has 3 rings (SSSR count). The topological polar surface area (TPSA) is 52.4 Å². The van der Waals surface area contributed by atoms with E-state index in [-0.39, 0.29) is 22.1 Å². The Labute approximate surface area is 133 Å². The first kappa shape index (κ1) is 14.8. The van der Waals surface area contributed by atoms with Crippen LogP contribution in [0.4, 0.5) is 5.69 Å². The number of ether oxygens (including phenoxy) is 1. The lowest BCUT2D eigenvalue weighted by Gasteiger charge is -2.55. The van der Waals surface area contributed by atoms with E-state index in [1.54, 1.807) is 12.1 Å². The number of hydrogen-bond acceptors (Lipinski definition) is 3. The molecule has 2 aliphatic rings. The molecule has 21 heavy (non-hydrogen) atoms. The van der Waals surface area contributed by atoms with Crippen molar-refractivity contribution in [1.82, 2.24) is 0 Å². The van der Waals surface area contributed by atoms with Gasteiger partial charge in [0.2, 0.25) is 0 Å². The molecule has 2 unspecified atom stereocenters. The fourth-order valence-corrected chi connectivity index (χ4v) is 4.83. The molecule has 2 saturated carbocycles. The monoisotopic (exact) mass is 353 g/mol. The van der Waals surface area contributed by atoms with E-state index < -0.39 is 0 Å². The Hall–Kier alpha value is -1.10. The predicted molar refractivity (Wildman–Crippen MR) is 85.1 cm³/mol. The number of nitrogens with zero attached hydrogens (tertiary/aromatic N) is 1. The number of benzene rings is 1. The van der Waals surface area contributed by atoms with Crippen molar-refractivity contribution in [1.29, 1.82) is 0 Å². The van der Waals surface area contributed by atoms with Gasteiger partial charge in [0, 0.05) is 22.4 Å². The summed E-state index contributed by atoms with van der Waals surface area (Å²) in [5.41, 5.74) is 1.24. The van der Waals surface area contributed by atoms with Crippen molar-refractivity contribution in [3.05, 3.63) is 33.9 Å². The summed E-state index contributed by atoms with van der Waals surface area (Å²) < 4.78 is 6.23. The van der Waals surface area contributed by atoms with E-state index in [9.17, 15) is 10.1 Å². The average molecular weight is 354 g/mol. The third-order valence-corrected chi connectivity index (χ3v) is 6.39. The molecule has 4 nitrogen and oxygen atoms in total. The van der Waals surface area contributed by atoms with E-state index in [2.05, 4.69) is 15.9 Å². The van der Waals surface area contributed by atoms with E-state index in [0.29, 0.717) is 4.83 Å². The molecule has 2 fully saturated rings. The molecule has 2 atom stereocenters. The Morgan fingerprint density at radius 2 is 2.05 bits per heavy atom. The fraction of sp³-hybridized carbons (Fsp3) is 0.625. The number of alkyl halides is 1. The highest BCUT2D eigenvalue weighted by Crippen LogP contribution is 2.56. The lowest BCUT2D eigenvalue weighted by molar-refractivity contribution is -0.384. The van der Waals surface area contributed by atoms with Crippen LogP contribution in [0.1, 0.15) is 44.1 Å². The Morgan fingerprint density at radius 3 is 2.62 bits per heavy atom. The van der Waals surface area contributed by atoms with Crippen molar-refractivity contribution < 1.29 is 9.66 Å². The van der Waals surface area contributed by atoms with Crippen molar-refractivity contribution in [3.8, 4) is 5.75 Å². The molecule has 0 saturated heterocycles. The molecule has 0 bridgehead atoms. The Kier molecular flexibility index (Phi) is 3.95. The molecule has 0 aliphatic heterocycles. The van der Waals surface area contributed by atoms with Crippen molar-refractivity contribution in [2.45, 2.75) is 56.4 Å². The van der Waals surface area contributed by atoms with E-state index >= 15 is 0 Å². The second-order valence-electron chi connectivity index (χ2n) is 6.31. The molecule has 0 heterocycles. The number of nitro benzene ring substituents is 1. The number of halogens is 1. The van der Waals surface area contributed by atoms with E-state index in [4.69, 9.17) is 4.74 Å². The van der Waals surface area contributed by atoms with E-state index in [0.717, 1.165) is 17.7 Å². The molecule has 114 valence electrons. The van der Waals surface area contributed by atoms with E-state index in [1.165, 1.54) is 38.2 Å². The Balaban J connectivity index is 1.76. The minimum absolute atomic E-state index is 0.124. The van der Waals surface area contributed by atoms with Crippen molar-refractivity contribution >= 4 is 21.6 Å². The van der Waals surface area contributed by atoms with Gasteiger partial charge in [-0.15, -0.1) is 0 Å². The normalized spacial score (nSPS) is 27.1. The number of non-ortho nitro benzene ring substituents is 1. The third kappa shape index (κ3) is 2.56. The lowest BCUT2D eigenvalue weighted by Crippen LogP contribution is -2.57. The highest BCUT2D eigenvalue weighted by molar-refractivity contribution is 9.09. The molecule has 1 aromatic carbocycles. The van der Waals surface area contributed by atoms with Gasteiger partial charge in [-0.25, -0.2) is 0 Å². The zero-order valence-corrected chi connectivity index (χ0v) is 13.8. The molecule has 0 aromatic heterocycles. The van der Waals surface area contributed by atoms with Gasteiger partial charge >= 0.3 is 0 Å². The zero-order chi connectivity index (χ0) is 15.0. The van der Waals surface area contributed by atoms with Crippen LogP contribution in [0.15, 0.2) is 18.2 Å². The van der Waals surface area contributed by atoms with Crippen LogP contribution in [0.25, 0.3) is 0 Å². The Bertz CT molecular complexity index is 554. The van der Waals surface area contributed by atoms with Crippen LogP contribution in [0.2, 0.25) is 0 Å². The SMILES string of the molecule is Cc1cc([N+](=O)[O-])ccc1OC1CC(Br)C12CCCCC2. The minimum atomic E-state index is -0.364. The van der Waals surface area contributed by atoms with Gasteiger partial charge in [0.1, 0.15) is 11.9 Å². The van der Waals surface area contributed by atoms with Gasteiger partial charge in [-0.2, -0.15) is 0 Å². The smallest absolute Gasteiger partial charge is 0.269 e. The summed E-state index contributed by atoms with van der Waals surface area (Å²) in [7, 11) is 0. The molecule has 2 aliphatic carbocycles. The van der Waals surface area contributed by atoms with Gasteiger partial charge in [0.15, 0.2) is 0 Å². The Morgan fingerprint density at radius 1 is 1.33 bits per heavy atom. The van der Waals surface area contributed by atoms with Crippen LogP contribution < -0.4 is 4.74 Å². The number of aryl methyl sites for hydroxylation is 1. The second-order valence-corrected chi connectivity index (χ2v) is 7.42. The molecular formula is C16H20BrNO3. The summed E-state index contributed by atoms with van der Waals surface area (Å²) >= 11 is 3.81. The van der Waals surface area contributed by atoms with Crippen LogP contribution >= 0.6 is 15.9 Å². The summed E-state index contributed by atoms with van der Waals surface area (Å²) in [6.07, 6.45) is 7.59. The quantitative estimate of drug-likeness (QED) is 0.446. The second kappa shape index (κ2) is 5.59. The fourth-order valence-electron chi connectivity index (χ4n) is 3.74. The average Bonchev–Trinajstić information content (AvgIpc) is 2.49. The maximum atomic E-state index is 10.8. The molecule has 0 amide bonds. The molecule has 1 spiro atoms. The standard InChI is InChI=1S/C16H20BrNO3/c1-11-9-12(18(19)20)5-6-13(11)21-15-10-14(17)16(15)7-3-2-4-8-16/h5-6,9,14-15H,2-4,7-8,10H2,1H3. The summed E-state index contributed by atoms with van der Waals surface area (Å²) in [4.78, 5) is 11.0. The van der Waals surface area contributed by atoms with Gasteiger partial charge in [0.25, 0.3) is 5.69 Å². The lowest BCUT2D eigenvalue weighted by atomic mass is 9.58. The van der Waals surface area contributed by atoms with Gasteiger partial charge in [-0.05, 0) is 37.8 Å². The maximum Gasteiger partial charge on any atom is 0.269 e. The first-order chi connectivity index (χ1) is 10.0. The highest BCUT2D eigenvalue weighted by Gasteiger charge is 2.55. The van der Waals surface area contributed by atoms with Gasteiger partial charge in [-0.3, -0.25) is 10.1 Å². The highest BCUT2D eigenvalue weighted by atomic mass is 79.9. The summed E-state index contributed by atoms with van der Waals surface area (Å²) in [5, 5.41) is 10.8. The minimum Gasteiger partial charge on any atom is -0.489 e. The van der Waals surface area contributed by atoms with Gasteiger partial charge < -0.3 is 4.74 Å².